The van der Waals surface area contributed by atoms with Crippen LogP contribution in [-0.2, 0) is 17.9 Å². The van der Waals surface area contributed by atoms with E-state index >= 15 is 0 Å². The van der Waals surface area contributed by atoms with Crippen molar-refractivity contribution < 1.29 is 9.21 Å². The van der Waals surface area contributed by atoms with Gasteiger partial charge >= 0.3 is 0 Å². The first-order valence-electron chi connectivity index (χ1n) is 7.22. The van der Waals surface area contributed by atoms with E-state index in [1.807, 2.05) is 17.0 Å². The minimum atomic E-state index is 0.100. The van der Waals surface area contributed by atoms with Crippen LogP contribution in [0, 0.1) is 5.92 Å². The molecule has 2 heterocycles. The van der Waals surface area contributed by atoms with Gasteiger partial charge in [-0.1, -0.05) is 13.8 Å². The monoisotopic (exact) mass is 290 g/mol. The van der Waals surface area contributed by atoms with E-state index in [-0.39, 0.29) is 11.9 Å². The number of nitrogens with zero attached hydrogens (tertiary/aromatic N) is 4. The molecule has 0 spiro atoms. The van der Waals surface area contributed by atoms with Crippen LogP contribution in [0.15, 0.2) is 35.5 Å². The maximum atomic E-state index is 12.5. The number of furan rings is 1. The normalized spacial score (nSPS) is 12.6. The lowest BCUT2D eigenvalue weighted by atomic mass is 10.0. The summed E-state index contributed by atoms with van der Waals surface area (Å²) in [5.41, 5.74) is 0. The van der Waals surface area contributed by atoms with Gasteiger partial charge in [0.2, 0.25) is 5.91 Å². The van der Waals surface area contributed by atoms with Gasteiger partial charge in [0.15, 0.2) is 0 Å². The third kappa shape index (κ3) is 4.18. The second kappa shape index (κ2) is 7.06. The van der Waals surface area contributed by atoms with Crippen molar-refractivity contribution in [1.82, 2.24) is 19.7 Å². The lowest BCUT2D eigenvalue weighted by molar-refractivity contribution is -0.135. The summed E-state index contributed by atoms with van der Waals surface area (Å²) in [6, 6.07) is 3.89. The SMILES string of the molecule is CC(C)[C@@H](C)N(Cc1ccco1)C(=O)CCn1cncn1. The van der Waals surface area contributed by atoms with E-state index in [2.05, 4.69) is 30.9 Å². The van der Waals surface area contributed by atoms with Crippen LogP contribution in [0.1, 0.15) is 33.0 Å². The molecule has 0 unspecified atom stereocenters. The lowest BCUT2D eigenvalue weighted by Gasteiger charge is -2.31. The van der Waals surface area contributed by atoms with Gasteiger partial charge < -0.3 is 9.32 Å². The molecule has 0 aliphatic carbocycles. The largest absolute Gasteiger partial charge is 0.467 e. The van der Waals surface area contributed by atoms with Crippen molar-refractivity contribution in [3.8, 4) is 0 Å². The average molecular weight is 290 g/mol. The Morgan fingerprint density at radius 3 is 2.81 bits per heavy atom. The predicted octanol–water partition coefficient (Wildman–Crippen LogP) is 2.33. The first kappa shape index (κ1) is 15.3. The predicted molar refractivity (Wildman–Crippen MR) is 78.2 cm³/mol. The topological polar surface area (TPSA) is 64.2 Å². The Morgan fingerprint density at radius 1 is 1.43 bits per heavy atom. The van der Waals surface area contributed by atoms with Gasteiger partial charge in [-0.15, -0.1) is 0 Å². The van der Waals surface area contributed by atoms with E-state index in [9.17, 15) is 4.79 Å². The molecule has 0 aliphatic heterocycles. The summed E-state index contributed by atoms with van der Waals surface area (Å²) < 4.78 is 7.04. The molecule has 0 saturated carbocycles. The summed E-state index contributed by atoms with van der Waals surface area (Å²) in [6.07, 6.45) is 5.13. The first-order valence-corrected chi connectivity index (χ1v) is 7.22. The quantitative estimate of drug-likeness (QED) is 0.785. The van der Waals surface area contributed by atoms with Gasteiger partial charge in [-0.05, 0) is 25.0 Å². The lowest BCUT2D eigenvalue weighted by Crippen LogP contribution is -2.41. The number of rotatable bonds is 7. The van der Waals surface area contributed by atoms with E-state index in [1.54, 1.807) is 17.3 Å². The highest BCUT2D eigenvalue weighted by Gasteiger charge is 2.23. The first-order chi connectivity index (χ1) is 10.1. The highest BCUT2D eigenvalue weighted by atomic mass is 16.3. The van der Waals surface area contributed by atoms with Gasteiger partial charge in [0.1, 0.15) is 18.4 Å². The summed E-state index contributed by atoms with van der Waals surface area (Å²) in [6.45, 7) is 7.34. The zero-order valence-corrected chi connectivity index (χ0v) is 12.8. The van der Waals surface area contributed by atoms with Gasteiger partial charge in [-0.3, -0.25) is 9.48 Å². The summed E-state index contributed by atoms with van der Waals surface area (Å²) in [7, 11) is 0. The van der Waals surface area contributed by atoms with Crippen LogP contribution in [0.4, 0.5) is 0 Å². The van der Waals surface area contributed by atoms with Crippen molar-refractivity contribution >= 4 is 5.91 Å². The third-order valence-electron chi connectivity index (χ3n) is 3.70. The molecule has 0 N–H and O–H groups in total. The molecule has 0 radical (unpaired) electrons. The second-order valence-corrected chi connectivity index (χ2v) is 5.49. The number of hydrogen-bond donors (Lipinski definition) is 0. The Hall–Kier alpha value is -2.11. The standard InChI is InChI=1S/C15H22N4O2/c1-12(2)13(3)19(9-14-5-4-8-21-14)15(20)6-7-18-11-16-10-17-18/h4-5,8,10-13H,6-7,9H2,1-3H3/t13-/m1/s1. The summed E-state index contributed by atoms with van der Waals surface area (Å²) in [4.78, 5) is 18.3. The van der Waals surface area contributed by atoms with Crippen molar-refractivity contribution in [2.75, 3.05) is 0 Å². The molecule has 114 valence electrons. The minimum absolute atomic E-state index is 0.100. The van der Waals surface area contributed by atoms with Gasteiger partial charge in [-0.2, -0.15) is 5.10 Å². The van der Waals surface area contributed by atoms with Crippen molar-refractivity contribution in [1.29, 1.82) is 0 Å². The fraction of sp³-hybridized carbons (Fsp3) is 0.533. The Labute approximate surface area is 124 Å². The van der Waals surface area contributed by atoms with Gasteiger partial charge in [0, 0.05) is 12.5 Å². The Bertz CT molecular complexity index is 534. The number of carbonyl (C=O) groups is 1. The molecule has 2 rings (SSSR count). The van der Waals surface area contributed by atoms with Crippen LogP contribution in [-0.4, -0.2) is 31.6 Å². The average Bonchev–Trinajstić information content (AvgIpc) is 3.14. The highest BCUT2D eigenvalue weighted by Crippen LogP contribution is 2.16. The van der Waals surface area contributed by atoms with E-state index in [4.69, 9.17) is 4.42 Å². The van der Waals surface area contributed by atoms with Crippen LogP contribution < -0.4 is 0 Å². The van der Waals surface area contributed by atoms with Gasteiger partial charge in [0.25, 0.3) is 0 Å². The molecule has 6 heteroatoms. The number of aryl methyl sites for hydroxylation is 1. The molecule has 0 saturated heterocycles. The van der Waals surface area contributed by atoms with Gasteiger partial charge in [-0.25, -0.2) is 4.98 Å². The second-order valence-electron chi connectivity index (χ2n) is 5.49. The smallest absolute Gasteiger partial charge is 0.225 e. The fourth-order valence-corrected chi connectivity index (χ4v) is 2.09. The van der Waals surface area contributed by atoms with Crippen molar-refractivity contribution in [2.24, 2.45) is 5.92 Å². The molecule has 2 aromatic rings. The molecular weight excluding hydrogens is 268 g/mol. The van der Waals surface area contributed by atoms with Crippen LogP contribution >= 0.6 is 0 Å². The summed E-state index contributed by atoms with van der Waals surface area (Å²) >= 11 is 0. The van der Waals surface area contributed by atoms with E-state index in [1.165, 1.54) is 6.33 Å². The van der Waals surface area contributed by atoms with Crippen LogP contribution in [0.3, 0.4) is 0 Å². The summed E-state index contributed by atoms with van der Waals surface area (Å²) in [5.74, 6) is 1.29. The maximum Gasteiger partial charge on any atom is 0.225 e. The third-order valence-corrected chi connectivity index (χ3v) is 3.70. The molecule has 6 nitrogen and oxygen atoms in total. The molecule has 0 aromatic carbocycles. The zero-order chi connectivity index (χ0) is 15.2. The fourth-order valence-electron chi connectivity index (χ4n) is 2.09. The van der Waals surface area contributed by atoms with E-state index in [0.717, 1.165) is 5.76 Å². The molecule has 0 aliphatic rings. The Kier molecular flexibility index (Phi) is 5.14. The number of amides is 1. The van der Waals surface area contributed by atoms with Crippen molar-refractivity contribution in [2.45, 2.75) is 46.3 Å². The number of aromatic nitrogens is 3. The Morgan fingerprint density at radius 2 is 2.24 bits per heavy atom. The molecule has 1 atom stereocenters. The van der Waals surface area contributed by atoms with Gasteiger partial charge in [0.05, 0.1) is 19.4 Å². The molecule has 21 heavy (non-hydrogen) atoms. The highest BCUT2D eigenvalue weighted by molar-refractivity contribution is 5.76. The molecule has 0 fully saturated rings. The number of carbonyl (C=O) groups excluding carboxylic acids is 1. The molecule has 0 bridgehead atoms. The van der Waals surface area contributed by atoms with Crippen molar-refractivity contribution in [3.05, 3.63) is 36.8 Å². The molecule has 1 amide bonds. The number of hydrogen-bond acceptors (Lipinski definition) is 4. The van der Waals surface area contributed by atoms with Crippen molar-refractivity contribution in [3.63, 3.8) is 0 Å². The molecule has 2 aromatic heterocycles. The van der Waals surface area contributed by atoms with Crippen LogP contribution in [0.2, 0.25) is 0 Å². The van der Waals surface area contributed by atoms with E-state index in [0.29, 0.717) is 25.4 Å². The minimum Gasteiger partial charge on any atom is -0.467 e. The zero-order valence-electron chi connectivity index (χ0n) is 12.8. The van der Waals surface area contributed by atoms with Crippen LogP contribution in [0.25, 0.3) is 0 Å². The van der Waals surface area contributed by atoms with Crippen LogP contribution in [0.5, 0.6) is 0 Å². The molecular formula is C15H22N4O2. The maximum absolute atomic E-state index is 12.5. The van der Waals surface area contributed by atoms with E-state index < -0.39 is 0 Å². The summed E-state index contributed by atoms with van der Waals surface area (Å²) in [5, 5.41) is 4.02. The Balaban J connectivity index is 2.01.